The topological polar surface area (TPSA) is 123 Å². The van der Waals surface area contributed by atoms with Crippen molar-refractivity contribution in [3.05, 3.63) is 30.1 Å². The molecular weight excluding hydrogens is 358 g/mol. The van der Waals surface area contributed by atoms with Gasteiger partial charge in [0.05, 0.1) is 25.6 Å². The number of benzene rings is 1. The van der Waals surface area contributed by atoms with Crippen LogP contribution >= 0.6 is 0 Å². The number of nitrogens with two attached hydrogens (primary N) is 1. The van der Waals surface area contributed by atoms with Gasteiger partial charge in [-0.3, -0.25) is 0 Å². The molecule has 9 nitrogen and oxygen atoms in total. The number of aromatic nitrogens is 4. The number of methoxy groups -OCH3 is 1. The lowest BCUT2D eigenvalue weighted by atomic mass is 10.1. The summed E-state index contributed by atoms with van der Waals surface area (Å²) in [5.41, 5.74) is 9.00. The number of hydrogen-bond acceptors (Lipinski definition) is 8. The Bertz CT molecular complexity index is 955. The van der Waals surface area contributed by atoms with E-state index in [1.807, 2.05) is 36.7 Å². The first kappa shape index (κ1) is 19.7. The smallest absolute Gasteiger partial charge is 0.227 e. The van der Waals surface area contributed by atoms with Crippen LogP contribution in [0.25, 0.3) is 11.2 Å². The Kier molecular flexibility index (Phi) is 5.84. The van der Waals surface area contributed by atoms with Gasteiger partial charge in [0.2, 0.25) is 5.95 Å². The summed E-state index contributed by atoms with van der Waals surface area (Å²) >= 11 is 0. The highest BCUT2D eigenvalue weighted by Gasteiger charge is 2.17. The number of aliphatic hydroxyl groups is 1. The van der Waals surface area contributed by atoms with Gasteiger partial charge < -0.3 is 30.8 Å². The summed E-state index contributed by atoms with van der Waals surface area (Å²) < 4.78 is 7.10. The van der Waals surface area contributed by atoms with Gasteiger partial charge in [0, 0.05) is 19.3 Å². The second kappa shape index (κ2) is 8.30. The maximum Gasteiger partial charge on any atom is 0.227 e. The normalized spacial score (nSPS) is 13.3. The van der Waals surface area contributed by atoms with Gasteiger partial charge in [0.15, 0.2) is 17.0 Å². The summed E-state index contributed by atoms with van der Waals surface area (Å²) in [6.07, 6.45) is 1.91. The van der Waals surface area contributed by atoms with Crippen molar-refractivity contribution in [2.45, 2.75) is 39.0 Å². The van der Waals surface area contributed by atoms with Gasteiger partial charge >= 0.3 is 0 Å². The van der Waals surface area contributed by atoms with E-state index in [1.54, 1.807) is 20.4 Å². The van der Waals surface area contributed by atoms with Crippen molar-refractivity contribution in [3.63, 3.8) is 0 Å². The summed E-state index contributed by atoms with van der Waals surface area (Å²) in [7, 11) is 3.50. The Balaban J connectivity index is 1.91. The zero-order valence-corrected chi connectivity index (χ0v) is 16.6. The number of anilines is 3. The van der Waals surface area contributed by atoms with Crippen molar-refractivity contribution in [1.82, 2.24) is 19.5 Å². The third-order valence-corrected chi connectivity index (χ3v) is 4.69. The SMILES string of the molecule is CCC(Nc1nc(NCc2cc(OC)ccc2N)c2ncn(C)c2n1)C(C)O. The van der Waals surface area contributed by atoms with E-state index in [2.05, 4.69) is 25.6 Å². The second-order valence-corrected chi connectivity index (χ2v) is 6.74. The summed E-state index contributed by atoms with van der Waals surface area (Å²) in [6.45, 7) is 4.20. The highest BCUT2D eigenvalue weighted by molar-refractivity contribution is 5.84. The lowest BCUT2D eigenvalue weighted by molar-refractivity contribution is 0.169. The molecule has 28 heavy (non-hydrogen) atoms. The molecule has 9 heteroatoms. The zero-order valence-electron chi connectivity index (χ0n) is 16.6. The molecule has 2 unspecified atom stereocenters. The van der Waals surface area contributed by atoms with Crippen LogP contribution in [0.2, 0.25) is 0 Å². The number of hydrogen-bond donors (Lipinski definition) is 4. The van der Waals surface area contributed by atoms with Crippen LogP contribution in [0.15, 0.2) is 24.5 Å². The van der Waals surface area contributed by atoms with Crippen LogP contribution < -0.4 is 21.1 Å². The molecular formula is C19H27N7O2. The Morgan fingerprint density at radius 3 is 2.79 bits per heavy atom. The molecule has 0 saturated carbocycles. The molecule has 0 fully saturated rings. The third kappa shape index (κ3) is 4.09. The maximum atomic E-state index is 9.93. The summed E-state index contributed by atoms with van der Waals surface area (Å²) in [5.74, 6) is 1.77. The molecule has 0 aliphatic heterocycles. The van der Waals surface area contributed by atoms with E-state index in [9.17, 15) is 5.11 Å². The third-order valence-electron chi connectivity index (χ3n) is 4.69. The van der Waals surface area contributed by atoms with Crippen LogP contribution in [0.3, 0.4) is 0 Å². The molecule has 0 spiro atoms. The molecule has 3 rings (SSSR count). The molecule has 2 heterocycles. The zero-order chi connectivity index (χ0) is 20.3. The molecule has 0 saturated heterocycles. The average Bonchev–Trinajstić information content (AvgIpc) is 3.06. The van der Waals surface area contributed by atoms with E-state index in [1.165, 1.54) is 0 Å². The van der Waals surface area contributed by atoms with Crippen LogP contribution in [0.5, 0.6) is 5.75 Å². The van der Waals surface area contributed by atoms with Gasteiger partial charge in [-0.15, -0.1) is 0 Å². The van der Waals surface area contributed by atoms with Crippen molar-refractivity contribution in [2.24, 2.45) is 7.05 Å². The summed E-state index contributed by atoms with van der Waals surface area (Å²) in [4.78, 5) is 13.5. The van der Waals surface area contributed by atoms with Gasteiger partial charge in [-0.05, 0) is 37.1 Å². The number of aryl methyl sites for hydroxylation is 1. The predicted molar refractivity (Wildman–Crippen MR) is 110 cm³/mol. The minimum Gasteiger partial charge on any atom is -0.497 e. The lowest BCUT2D eigenvalue weighted by Crippen LogP contribution is -2.31. The Hall–Kier alpha value is -3.07. The molecule has 2 atom stereocenters. The van der Waals surface area contributed by atoms with Gasteiger partial charge in [0.1, 0.15) is 5.75 Å². The summed E-state index contributed by atoms with van der Waals surface area (Å²) in [6, 6.07) is 5.38. The van der Waals surface area contributed by atoms with Crippen molar-refractivity contribution >= 4 is 28.6 Å². The molecule has 0 aliphatic rings. The number of imidazole rings is 1. The van der Waals surface area contributed by atoms with Gasteiger partial charge in [-0.2, -0.15) is 9.97 Å². The molecule has 2 aromatic heterocycles. The highest BCUT2D eigenvalue weighted by Crippen LogP contribution is 2.24. The first-order valence-corrected chi connectivity index (χ1v) is 9.22. The lowest BCUT2D eigenvalue weighted by Gasteiger charge is -2.20. The molecule has 0 amide bonds. The van der Waals surface area contributed by atoms with Crippen LogP contribution in [-0.2, 0) is 13.6 Å². The van der Waals surface area contributed by atoms with E-state index in [0.29, 0.717) is 35.2 Å². The van der Waals surface area contributed by atoms with Crippen LogP contribution in [0.1, 0.15) is 25.8 Å². The molecule has 150 valence electrons. The minimum atomic E-state index is -0.524. The largest absolute Gasteiger partial charge is 0.497 e. The van der Waals surface area contributed by atoms with E-state index < -0.39 is 6.10 Å². The number of fused-ring (bicyclic) bond motifs is 1. The fourth-order valence-corrected chi connectivity index (χ4v) is 2.97. The number of ether oxygens (including phenoxy) is 1. The first-order chi connectivity index (χ1) is 13.4. The number of rotatable bonds is 8. The van der Waals surface area contributed by atoms with Crippen LogP contribution in [0.4, 0.5) is 17.5 Å². The Labute approximate surface area is 164 Å². The number of aliphatic hydroxyl groups excluding tert-OH is 1. The van der Waals surface area contributed by atoms with Gasteiger partial charge in [-0.1, -0.05) is 6.92 Å². The van der Waals surface area contributed by atoms with E-state index in [0.717, 1.165) is 17.7 Å². The average molecular weight is 385 g/mol. The van der Waals surface area contributed by atoms with Crippen molar-refractivity contribution in [3.8, 4) is 5.75 Å². The Morgan fingerprint density at radius 1 is 1.32 bits per heavy atom. The van der Waals surface area contributed by atoms with Crippen molar-refractivity contribution in [1.29, 1.82) is 0 Å². The predicted octanol–water partition coefficient (Wildman–Crippen LogP) is 2.14. The highest BCUT2D eigenvalue weighted by atomic mass is 16.5. The number of nitrogen functional groups attached to an aromatic ring is 1. The molecule has 1 aromatic carbocycles. The monoisotopic (exact) mass is 385 g/mol. The van der Waals surface area contributed by atoms with Gasteiger partial charge in [0.25, 0.3) is 0 Å². The maximum absolute atomic E-state index is 9.93. The second-order valence-electron chi connectivity index (χ2n) is 6.74. The van der Waals surface area contributed by atoms with E-state index in [-0.39, 0.29) is 6.04 Å². The first-order valence-electron chi connectivity index (χ1n) is 9.22. The van der Waals surface area contributed by atoms with E-state index in [4.69, 9.17) is 10.5 Å². The Morgan fingerprint density at radius 2 is 2.11 bits per heavy atom. The van der Waals surface area contributed by atoms with E-state index >= 15 is 0 Å². The molecule has 5 N–H and O–H groups in total. The molecule has 3 aromatic rings. The van der Waals surface area contributed by atoms with Crippen molar-refractivity contribution in [2.75, 3.05) is 23.5 Å². The fraction of sp³-hybridized carbons (Fsp3) is 0.421. The summed E-state index contributed by atoms with van der Waals surface area (Å²) in [5, 5.41) is 16.4. The number of nitrogens with zero attached hydrogens (tertiary/aromatic N) is 4. The molecule has 0 aliphatic carbocycles. The van der Waals surface area contributed by atoms with Gasteiger partial charge in [-0.25, -0.2) is 4.98 Å². The fourth-order valence-electron chi connectivity index (χ4n) is 2.97. The minimum absolute atomic E-state index is 0.146. The number of nitrogens with one attached hydrogen (secondary N) is 2. The standard InChI is InChI=1S/C19H27N7O2/c1-5-15(11(2)27)23-19-24-17(16-18(25-19)26(3)10-22-16)21-9-12-8-13(28-4)6-7-14(12)20/h6-8,10-11,15,27H,5,9,20H2,1-4H3,(H2,21,23,24,25). The van der Waals surface area contributed by atoms with Crippen LogP contribution in [0, 0.1) is 0 Å². The quantitative estimate of drug-likeness (QED) is 0.435. The van der Waals surface area contributed by atoms with Crippen LogP contribution in [-0.4, -0.2) is 43.9 Å². The molecule has 0 bridgehead atoms. The molecule has 0 radical (unpaired) electrons. The van der Waals surface area contributed by atoms with Crippen molar-refractivity contribution < 1.29 is 9.84 Å².